The third-order valence-electron chi connectivity index (χ3n) is 5.54. The third-order valence-corrected chi connectivity index (χ3v) is 5.79. The molecule has 0 radical (unpaired) electrons. The van der Waals surface area contributed by atoms with E-state index in [1.165, 1.54) is 42.5 Å². The summed E-state index contributed by atoms with van der Waals surface area (Å²) in [5.74, 6) is -1.99. The Bertz CT molecular complexity index is 1430. The van der Waals surface area contributed by atoms with Gasteiger partial charge in [0, 0.05) is 5.02 Å². The van der Waals surface area contributed by atoms with Crippen LogP contribution in [0.3, 0.4) is 0 Å². The molecule has 0 spiro atoms. The number of nitrogens with one attached hydrogen (secondary N) is 1. The number of aromatic carboxylic acids is 1. The van der Waals surface area contributed by atoms with Crippen LogP contribution in [0.1, 0.15) is 27.0 Å². The van der Waals surface area contributed by atoms with E-state index < -0.39 is 23.8 Å². The smallest absolute Gasteiger partial charge is 0.335 e. The van der Waals surface area contributed by atoms with E-state index in [9.17, 15) is 19.2 Å². The van der Waals surface area contributed by atoms with Gasteiger partial charge in [0.05, 0.1) is 11.3 Å². The highest BCUT2D eigenvalue weighted by Crippen LogP contribution is 2.26. The van der Waals surface area contributed by atoms with Gasteiger partial charge in [-0.2, -0.15) is 0 Å². The maximum atomic E-state index is 13.1. The summed E-state index contributed by atoms with van der Waals surface area (Å²) in [6.07, 6.45) is 3.56. The molecule has 0 aromatic heterocycles. The number of amides is 4. The minimum atomic E-state index is -1.00. The zero-order valence-electron chi connectivity index (χ0n) is 19.4. The number of ether oxygens (including phenoxy) is 1. The maximum Gasteiger partial charge on any atom is 0.335 e. The lowest BCUT2D eigenvalue weighted by Crippen LogP contribution is -2.54. The predicted octanol–water partition coefficient (Wildman–Crippen LogP) is 5.01. The van der Waals surface area contributed by atoms with Crippen LogP contribution in [0, 0.1) is 0 Å². The van der Waals surface area contributed by atoms with Gasteiger partial charge < -0.3 is 9.84 Å². The number of hydrogen-bond donors (Lipinski definition) is 2. The van der Waals surface area contributed by atoms with Crippen molar-refractivity contribution in [2.75, 3.05) is 4.90 Å². The largest absolute Gasteiger partial charge is 0.489 e. The molecule has 9 heteroatoms. The highest BCUT2D eigenvalue weighted by atomic mass is 35.5. The lowest BCUT2D eigenvalue weighted by molar-refractivity contribution is -0.122. The van der Waals surface area contributed by atoms with Gasteiger partial charge in [-0.05, 0) is 77.7 Å². The van der Waals surface area contributed by atoms with E-state index in [1.54, 1.807) is 36.4 Å². The summed E-state index contributed by atoms with van der Waals surface area (Å²) >= 11 is 5.90. The molecule has 2 N–H and O–H groups in total. The second-order valence-electron chi connectivity index (χ2n) is 8.08. The van der Waals surface area contributed by atoms with Crippen molar-refractivity contribution in [1.29, 1.82) is 0 Å². The van der Waals surface area contributed by atoms with Gasteiger partial charge in [-0.15, -0.1) is 6.58 Å². The van der Waals surface area contributed by atoms with Crippen LogP contribution in [0.2, 0.25) is 5.02 Å². The summed E-state index contributed by atoms with van der Waals surface area (Å²) in [4.78, 5) is 49.9. The van der Waals surface area contributed by atoms with Crippen molar-refractivity contribution < 1.29 is 29.0 Å². The monoisotopic (exact) mass is 516 g/mol. The highest BCUT2D eigenvalue weighted by molar-refractivity contribution is 6.39. The van der Waals surface area contributed by atoms with Crippen LogP contribution in [0.15, 0.2) is 85.0 Å². The average Bonchev–Trinajstić information content (AvgIpc) is 2.87. The van der Waals surface area contributed by atoms with Crippen LogP contribution in [0.5, 0.6) is 5.75 Å². The highest BCUT2D eigenvalue weighted by Gasteiger charge is 2.36. The van der Waals surface area contributed by atoms with E-state index in [-0.39, 0.29) is 23.4 Å². The molecule has 0 atom stereocenters. The molecule has 0 bridgehead atoms. The summed E-state index contributed by atoms with van der Waals surface area (Å²) in [7, 11) is 0. The Kier molecular flexibility index (Phi) is 7.50. The second-order valence-corrected chi connectivity index (χ2v) is 8.52. The van der Waals surface area contributed by atoms with Gasteiger partial charge in [-0.25, -0.2) is 14.5 Å². The minimum absolute atomic E-state index is 0.186. The standard InChI is InChI=1S/C28H21ClN2O6/c1-2-3-20-14-18(6-13-24(20)37-16-17-4-7-19(8-5-17)27(34)35)15-23-25(32)30-28(36)31(26(23)33)22-11-9-21(29)10-12-22/h2,4-15H,1,3,16H2,(H,34,35)(H,30,32,36)/b23-15+. The van der Waals surface area contributed by atoms with E-state index in [0.29, 0.717) is 22.8 Å². The fourth-order valence-corrected chi connectivity index (χ4v) is 3.82. The number of nitrogens with zero attached hydrogens (tertiary/aromatic N) is 1. The lowest BCUT2D eigenvalue weighted by atomic mass is 10.0. The maximum absolute atomic E-state index is 13.1. The summed E-state index contributed by atoms with van der Waals surface area (Å²) in [6, 6.07) is 16.8. The average molecular weight is 517 g/mol. The number of allylic oxidation sites excluding steroid dienone is 1. The van der Waals surface area contributed by atoms with Crippen LogP contribution in [0.25, 0.3) is 6.08 Å². The number of imide groups is 2. The Morgan fingerprint density at radius 3 is 2.38 bits per heavy atom. The summed E-state index contributed by atoms with van der Waals surface area (Å²) in [6.45, 7) is 3.98. The van der Waals surface area contributed by atoms with E-state index in [0.717, 1.165) is 16.0 Å². The molecule has 3 aromatic carbocycles. The molecule has 0 unspecified atom stereocenters. The quantitative estimate of drug-likeness (QED) is 0.247. The Hall–Kier alpha value is -4.69. The number of urea groups is 1. The zero-order chi connectivity index (χ0) is 26.5. The van der Waals surface area contributed by atoms with E-state index in [1.807, 2.05) is 0 Å². The number of benzene rings is 3. The number of carboxylic acids is 1. The fourth-order valence-electron chi connectivity index (χ4n) is 3.70. The molecule has 1 saturated heterocycles. The normalized spacial score (nSPS) is 14.5. The molecule has 1 aliphatic rings. The molecule has 1 aliphatic heterocycles. The van der Waals surface area contributed by atoms with Gasteiger partial charge in [0.2, 0.25) is 0 Å². The van der Waals surface area contributed by atoms with Crippen molar-refractivity contribution >= 4 is 47.2 Å². The van der Waals surface area contributed by atoms with Crippen molar-refractivity contribution in [3.63, 3.8) is 0 Å². The topological polar surface area (TPSA) is 113 Å². The van der Waals surface area contributed by atoms with Crippen LogP contribution in [-0.2, 0) is 22.6 Å². The van der Waals surface area contributed by atoms with Gasteiger partial charge in [0.1, 0.15) is 17.9 Å². The first kappa shape index (κ1) is 25.4. The van der Waals surface area contributed by atoms with Crippen LogP contribution >= 0.6 is 11.6 Å². The number of rotatable bonds is 8. The van der Waals surface area contributed by atoms with Crippen LogP contribution in [0.4, 0.5) is 10.5 Å². The number of hydrogen-bond acceptors (Lipinski definition) is 5. The van der Waals surface area contributed by atoms with Crippen molar-refractivity contribution in [3.8, 4) is 5.75 Å². The van der Waals surface area contributed by atoms with Gasteiger partial charge in [0.15, 0.2) is 0 Å². The summed E-state index contributed by atoms with van der Waals surface area (Å²) in [5.41, 5.74) is 2.37. The molecule has 1 heterocycles. The second kappa shape index (κ2) is 10.9. The van der Waals surface area contributed by atoms with E-state index >= 15 is 0 Å². The molecule has 4 rings (SSSR count). The Balaban J connectivity index is 1.58. The number of carbonyl (C=O) groups excluding carboxylic acids is 3. The zero-order valence-corrected chi connectivity index (χ0v) is 20.2. The van der Waals surface area contributed by atoms with Crippen molar-refractivity contribution in [2.45, 2.75) is 13.0 Å². The summed E-state index contributed by atoms with van der Waals surface area (Å²) in [5, 5.41) is 11.7. The van der Waals surface area contributed by atoms with Crippen molar-refractivity contribution in [2.24, 2.45) is 0 Å². The van der Waals surface area contributed by atoms with Gasteiger partial charge in [0.25, 0.3) is 11.8 Å². The SMILES string of the molecule is C=CCc1cc(/C=C2\C(=O)NC(=O)N(c3ccc(Cl)cc3)C2=O)ccc1OCc1ccc(C(=O)O)cc1. The minimum Gasteiger partial charge on any atom is -0.489 e. The lowest BCUT2D eigenvalue weighted by Gasteiger charge is -2.26. The first-order valence-corrected chi connectivity index (χ1v) is 11.5. The molecule has 3 aromatic rings. The van der Waals surface area contributed by atoms with E-state index in [4.69, 9.17) is 21.4 Å². The fraction of sp³-hybridized carbons (Fsp3) is 0.0714. The molecule has 37 heavy (non-hydrogen) atoms. The molecule has 0 saturated carbocycles. The molecule has 4 amide bonds. The molecule has 0 aliphatic carbocycles. The van der Waals surface area contributed by atoms with Crippen LogP contribution in [-0.4, -0.2) is 28.9 Å². The molecular formula is C28H21ClN2O6. The number of carboxylic acid groups (broad SMARTS) is 1. The Morgan fingerprint density at radius 1 is 1.03 bits per heavy atom. The predicted molar refractivity (Wildman–Crippen MR) is 139 cm³/mol. The van der Waals surface area contributed by atoms with Crippen molar-refractivity contribution in [1.82, 2.24) is 5.32 Å². The number of carbonyl (C=O) groups is 4. The van der Waals surface area contributed by atoms with Crippen LogP contribution < -0.4 is 15.0 Å². The molecular weight excluding hydrogens is 496 g/mol. The van der Waals surface area contributed by atoms with Crippen molar-refractivity contribution in [3.05, 3.63) is 112 Å². The molecule has 8 nitrogen and oxygen atoms in total. The first-order valence-electron chi connectivity index (χ1n) is 11.1. The molecule has 1 fully saturated rings. The van der Waals surface area contributed by atoms with Gasteiger partial charge in [-0.3, -0.25) is 14.9 Å². The Labute approximate surface area is 217 Å². The molecule has 186 valence electrons. The van der Waals surface area contributed by atoms with E-state index in [2.05, 4.69) is 11.9 Å². The number of halogens is 1. The first-order chi connectivity index (χ1) is 17.8. The third kappa shape index (κ3) is 5.76. The summed E-state index contributed by atoms with van der Waals surface area (Å²) < 4.78 is 5.94. The van der Waals surface area contributed by atoms with Gasteiger partial charge in [-0.1, -0.05) is 35.9 Å². The Morgan fingerprint density at radius 2 is 1.73 bits per heavy atom. The number of anilines is 1. The van der Waals surface area contributed by atoms with Gasteiger partial charge >= 0.3 is 12.0 Å². The number of barbiturate groups is 1.